The number of carbonyl (C=O) groups excluding carboxylic acids is 3. The van der Waals surface area contributed by atoms with Crippen LogP contribution in [0.5, 0.6) is 0 Å². The fourth-order valence-electron chi connectivity index (χ4n) is 4.71. The molecule has 1 amide bonds. The van der Waals surface area contributed by atoms with E-state index in [1.54, 1.807) is 25.7 Å². The number of rotatable bonds is 11. The fourth-order valence-corrected chi connectivity index (χ4v) is 4.71. The summed E-state index contributed by atoms with van der Waals surface area (Å²) in [4.78, 5) is 44.9. The molecule has 0 radical (unpaired) electrons. The van der Waals surface area contributed by atoms with Crippen molar-refractivity contribution in [3.63, 3.8) is 0 Å². The highest BCUT2D eigenvalue weighted by Crippen LogP contribution is 2.39. The summed E-state index contributed by atoms with van der Waals surface area (Å²) < 4.78 is 5.39. The first-order chi connectivity index (χ1) is 15.5. The summed E-state index contributed by atoms with van der Waals surface area (Å²) in [5.74, 6) is -0.198. The van der Waals surface area contributed by atoms with E-state index >= 15 is 0 Å². The lowest BCUT2D eigenvalue weighted by Gasteiger charge is -2.32. The molecular formula is C26H43N3O4. The Morgan fingerprint density at radius 1 is 0.909 bits per heavy atom. The van der Waals surface area contributed by atoms with E-state index in [0.29, 0.717) is 28.8 Å². The highest BCUT2D eigenvalue weighted by molar-refractivity contribution is 6.25. The first-order valence-corrected chi connectivity index (χ1v) is 12.2. The summed E-state index contributed by atoms with van der Waals surface area (Å²) >= 11 is 0. The number of nitrogens with zero attached hydrogens (tertiary/aromatic N) is 3. The number of amides is 1. The van der Waals surface area contributed by atoms with Gasteiger partial charge in [-0.25, -0.2) is 0 Å². The van der Waals surface area contributed by atoms with Gasteiger partial charge >= 0.3 is 0 Å². The Bertz CT molecular complexity index is 806. The molecule has 0 atom stereocenters. The molecule has 0 saturated carbocycles. The Morgan fingerprint density at radius 3 is 2.12 bits per heavy atom. The Morgan fingerprint density at radius 2 is 1.48 bits per heavy atom. The molecule has 0 aromatic heterocycles. The number of hydrogen-bond donors (Lipinski definition) is 0. The zero-order valence-corrected chi connectivity index (χ0v) is 21.8. The van der Waals surface area contributed by atoms with E-state index in [1.165, 1.54) is 0 Å². The van der Waals surface area contributed by atoms with Crippen LogP contribution in [0.2, 0.25) is 0 Å². The van der Waals surface area contributed by atoms with Crippen LogP contribution in [0.4, 0.5) is 0 Å². The minimum Gasteiger partial charge on any atom is -0.379 e. The number of hydrogen-bond acceptors (Lipinski definition) is 6. The summed E-state index contributed by atoms with van der Waals surface area (Å²) in [5, 5.41) is 0. The second kappa shape index (κ2) is 12.0. The van der Waals surface area contributed by atoms with Crippen LogP contribution in [-0.4, -0.2) is 98.8 Å². The van der Waals surface area contributed by atoms with E-state index < -0.39 is 5.41 Å². The van der Waals surface area contributed by atoms with E-state index in [0.717, 1.165) is 58.8 Å². The molecule has 1 aliphatic carbocycles. The Balaban J connectivity index is 1.79. The number of morpholine rings is 1. The van der Waals surface area contributed by atoms with Crippen LogP contribution in [0.25, 0.3) is 0 Å². The number of ketones is 2. The maximum Gasteiger partial charge on any atom is 0.223 e. The van der Waals surface area contributed by atoms with Gasteiger partial charge in [-0.05, 0) is 60.3 Å². The van der Waals surface area contributed by atoms with Gasteiger partial charge in [0.2, 0.25) is 5.91 Å². The average Bonchev–Trinajstić information content (AvgIpc) is 2.76. The Hall–Kier alpha value is -1.83. The monoisotopic (exact) mass is 461 g/mol. The van der Waals surface area contributed by atoms with E-state index in [9.17, 15) is 14.4 Å². The second-order valence-corrected chi connectivity index (χ2v) is 10.2. The lowest BCUT2D eigenvalue weighted by atomic mass is 9.71. The van der Waals surface area contributed by atoms with E-state index in [4.69, 9.17) is 4.74 Å². The molecule has 0 unspecified atom stereocenters. The molecule has 2 aliphatic rings. The standard InChI is InChI=1S/C26H43N3O4/c1-19-20(2)25(32)23(21(3)24(19)31)26(4,5)18-22(30)28(7)12-8-10-27(6)11-9-13-29-14-16-33-17-15-29/h8-18H2,1-7H3. The van der Waals surface area contributed by atoms with Gasteiger partial charge in [0.1, 0.15) is 0 Å². The predicted octanol–water partition coefficient (Wildman–Crippen LogP) is 2.71. The third-order valence-corrected chi connectivity index (χ3v) is 7.03. The average molecular weight is 462 g/mol. The van der Waals surface area contributed by atoms with Crippen molar-refractivity contribution < 1.29 is 19.1 Å². The van der Waals surface area contributed by atoms with Gasteiger partial charge in [-0.15, -0.1) is 0 Å². The number of allylic oxidation sites excluding steroid dienone is 4. The predicted molar refractivity (Wildman–Crippen MR) is 131 cm³/mol. The number of ether oxygens (including phenoxy) is 1. The summed E-state index contributed by atoms with van der Waals surface area (Å²) in [6.45, 7) is 16.4. The molecule has 7 nitrogen and oxygen atoms in total. The summed E-state index contributed by atoms with van der Waals surface area (Å²) in [6.07, 6.45) is 2.24. The number of Topliss-reactive ketones (excluding diaryl/α,β-unsaturated/α-hetero) is 2. The van der Waals surface area contributed by atoms with Gasteiger partial charge < -0.3 is 14.5 Å². The van der Waals surface area contributed by atoms with E-state index in [1.807, 2.05) is 20.9 Å². The van der Waals surface area contributed by atoms with Crippen LogP contribution < -0.4 is 0 Å². The zero-order chi connectivity index (χ0) is 24.8. The van der Waals surface area contributed by atoms with Crippen molar-refractivity contribution in [3.05, 3.63) is 22.3 Å². The highest BCUT2D eigenvalue weighted by atomic mass is 16.5. The summed E-state index contributed by atoms with van der Waals surface area (Å²) in [7, 11) is 3.95. The fraction of sp³-hybridized carbons (Fsp3) is 0.731. The second-order valence-electron chi connectivity index (χ2n) is 10.2. The van der Waals surface area contributed by atoms with Crippen molar-refractivity contribution in [2.45, 2.75) is 53.9 Å². The van der Waals surface area contributed by atoms with Crippen LogP contribution in [0.15, 0.2) is 22.3 Å². The topological polar surface area (TPSA) is 70.2 Å². The van der Waals surface area contributed by atoms with Crippen LogP contribution in [-0.2, 0) is 19.1 Å². The van der Waals surface area contributed by atoms with Gasteiger partial charge in [0.25, 0.3) is 0 Å². The lowest BCUT2D eigenvalue weighted by molar-refractivity contribution is -0.131. The summed E-state index contributed by atoms with van der Waals surface area (Å²) in [5.41, 5.74) is 1.26. The molecular weight excluding hydrogens is 418 g/mol. The van der Waals surface area contributed by atoms with Crippen LogP contribution >= 0.6 is 0 Å². The highest BCUT2D eigenvalue weighted by Gasteiger charge is 2.38. The molecule has 1 heterocycles. The molecule has 1 aliphatic heterocycles. The number of carbonyl (C=O) groups is 3. The third-order valence-electron chi connectivity index (χ3n) is 7.03. The third kappa shape index (κ3) is 7.33. The van der Waals surface area contributed by atoms with Crippen molar-refractivity contribution in [2.75, 3.05) is 66.6 Å². The van der Waals surface area contributed by atoms with E-state index in [-0.39, 0.29) is 23.9 Å². The van der Waals surface area contributed by atoms with Crippen molar-refractivity contribution >= 4 is 17.5 Å². The van der Waals surface area contributed by atoms with Gasteiger partial charge in [0.05, 0.1) is 13.2 Å². The first kappa shape index (κ1) is 27.4. The van der Waals surface area contributed by atoms with E-state index in [2.05, 4.69) is 16.8 Å². The van der Waals surface area contributed by atoms with Gasteiger partial charge in [0, 0.05) is 60.8 Å². The molecule has 0 N–H and O–H groups in total. The molecule has 186 valence electrons. The normalized spacial score (nSPS) is 18.5. The SMILES string of the molecule is CC1=C(C)C(=O)C(C(C)(C)CC(=O)N(C)CCCN(C)CCCN2CCOCC2)=C(C)C1=O. The molecule has 7 heteroatoms. The van der Waals surface area contributed by atoms with Crippen molar-refractivity contribution in [1.29, 1.82) is 0 Å². The minimum atomic E-state index is -0.694. The molecule has 0 aromatic carbocycles. The minimum absolute atomic E-state index is 0.000512. The molecule has 0 bridgehead atoms. The Labute approximate surface area is 199 Å². The first-order valence-electron chi connectivity index (χ1n) is 12.2. The molecule has 1 fully saturated rings. The Kier molecular flexibility index (Phi) is 10.0. The molecule has 1 saturated heterocycles. The van der Waals surface area contributed by atoms with Crippen LogP contribution in [0.3, 0.4) is 0 Å². The van der Waals surface area contributed by atoms with Crippen molar-refractivity contribution in [2.24, 2.45) is 5.41 Å². The van der Waals surface area contributed by atoms with Gasteiger partial charge in [-0.3, -0.25) is 19.3 Å². The van der Waals surface area contributed by atoms with Crippen molar-refractivity contribution in [3.8, 4) is 0 Å². The quantitative estimate of drug-likeness (QED) is 0.441. The molecule has 33 heavy (non-hydrogen) atoms. The smallest absolute Gasteiger partial charge is 0.223 e. The van der Waals surface area contributed by atoms with Gasteiger partial charge in [-0.2, -0.15) is 0 Å². The van der Waals surface area contributed by atoms with Crippen molar-refractivity contribution in [1.82, 2.24) is 14.7 Å². The van der Waals surface area contributed by atoms with Gasteiger partial charge in [-0.1, -0.05) is 13.8 Å². The molecule has 2 rings (SSSR count). The van der Waals surface area contributed by atoms with Crippen LogP contribution in [0, 0.1) is 5.41 Å². The van der Waals surface area contributed by atoms with Crippen LogP contribution in [0.1, 0.15) is 53.9 Å². The maximum absolute atomic E-state index is 12.9. The molecule has 0 spiro atoms. The summed E-state index contributed by atoms with van der Waals surface area (Å²) in [6, 6.07) is 0. The zero-order valence-electron chi connectivity index (χ0n) is 21.8. The van der Waals surface area contributed by atoms with Gasteiger partial charge in [0.15, 0.2) is 11.6 Å². The largest absolute Gasteiger partial charge is 0.379 e. The maximum atomic E-state index is 12.9. The lowest BCUT2D eigenvalue weighted by Crippen LogP contribution is -2.38. The molecule has 0 aromatic rings.